The third kappa shape index (κ3) is 14.8. The quantitative estimate of drug-likeness (QED) is 0.0596. The topological polar surface area (TPSA) is 37.0 Å². The Kier molecular flexibility index (Phi) is 25.0. The summed E-state index contributed by atoms with van der Waals surface area (Å²) >= 11 is 0. The molecule has 0 fully saturated rings. The molecule has 396 valence electrons. The Balaban J connectivity index is 0.000000218. The molecule has 2 aliphatic rings. The molecule has 8 aromatic carbocycles. The Morgan fingerprint density at radius 2 is 1.01 bits per heavy atom. The van der Waals surface area contributed by atoms with Gasteiger partial charge >= 0.3 is 0 Å². The van der Waals surface area contributed by atoms with Crippen molar-refractivity contribution in [1.82, 2.24) is 0 Å². The van der Waals surface area contributed by atoms with Gasteiger partial charge in [-0.05, 0) is 120 Å². The normalized spacial score (nSPS) is 11.5. The van der Waals surface area contributed by atoms with Crippen LogP contribution >= 0.6 is 0 Å². The van der Waals surface area contributed by atoms with Gasteiger partial charge < -0.3 is 9.83 Å². The molecule has 0 atom stereocenters. The molecule has 1 N–H and O–H groups in total. The van der Waals surface area contributed by atoms with Gasteiger partial charge in [-0.3, -0.25) is 0 Å². The number of hydrogen-bond donors (Lipinski definition) is 1. The maximum absolute atomic E-state index is 6.18. The maximum Gasteiger partial charge on any atom is 0.143 e. The van der Waals surface area contributed by atoms with Crippen LogP contribution in [0.15, 0.2) is 211 Å². The van der Waals surface area contributed by atoms with Crippen molar-refractivity contribution in [1.29, 1.82) is 5.41 Å². The number of benzene rings is 8. The Hall–Kier alpha value is -7.73. The van der Waals surface area contributed by atoms with Crippen LogP contribution in [0.3, 0.4) is 0 Å². The predicted octanol–water partition coefficient (Wildman–Crippen LogP) is 21.9. The van der Waals surface area contributed by atoms with Crippen molar-refractivity contribution in [3.63, 3.8) is 0 Å². The Labute approximate surface area is 464 Å². The lowest BCUT2D eigenvalue weighted by Gasteiger charge is -2.30. The molecule has 0 aliphatic heterocycles. The van der Waals surface area contributed by atoms with Crippen LogP contribution in [0.5, 0.6) is 0 Å². The van der Waals surface area contributed by atoms with Gasteiger partial charge in [0, 0.05) is 16.3 Å². The van der Waals surface area contributed by atoms with E-state index in [2.05, 4.69) is 256 Å². The van der Waals surface area contributed by atoms with Gasteiger partial charge in [0.25, 0.3) is 0 Å². The van der Waals surface area contributed by atoms with E-state index in [0.29, 0.717) is 0 Å². The van der Waals surface area contributed by atoms with Crippen LogP contribution < -0.4 is 0 Å². The van der Waals surface area contributed by atoms with Crippen LogP contribution in [-0.2, 0) is 18.3 Å². The lowest BCUT2D eigenvalue weighted by atomic mass is 9.70. The first-order valence-electron chi connectivity index (χ1n) is 28.3. The first-order chi connectivity index (χ1) is 37.8. The van der Waals surface area contributed by atoms with E-state index in [0.717, 1.165) is 36.0 Å². The van der Waals surface area contributed by atoms with Gasteiger partial charge in [-0.1, -0.05) is 292 Å². The molecule has 0 amide bonds. The highest BCUT2D eigenvalue weighted by Crippen LogP contribution is 2.63. The van der Waals surface area contributed by atoms with Crippen molar-refractivity contribution in [3.05, 3.63) is 251 Å². The fourth-order valence-electron chi connectivity index (χ4n) is 10.1. The van der Waals surface area contributed by atoms with E-state index in [1.807, 2.05) is 24.3 Å². The van der Waals surface area contributed by atoms with Gasteiger partial charge in [-0.25, -0.2) is 0 Å². The van der Waals surface area contributed by atoms with E-state index < -0.39 is 0 Å². The van der Waals surface area contributed by atoms with Crippen molar-refractivity contribution in [2.45, 2.75) is 132 Å². The first-order valence-corrected chi connectivity index (χ1v) is 28.3. The van der Waals surface area contributed by atoms with E-state index in [1.54, 1.807) is 6.92 Å². The van der Waals surface area contributed by atoms with Crippen molar-refractivity contribution >= 4 is 28.7 Å². The number of hydrogen-bond acceptors (Lipinski definition) is 2. The minimum absolute atomic E-state index is 0.245. The summed E-state index contributed by atoms with van der Waals surface area (Å²) in [6.07, 6.45) is 26.0. The molecule has 0 radical (unpaired) electrons. The molecule has 2 heteroatoms. The van der Waals surface area contributed by atoms with E-state index in [9.17, 15) is 0 Å². The summed E-state index contributed by atoms with van der Waals surface area (Å²) in [4.78, 5) is 0. The molecule has 2 aliphatic carbocycles. The molecule has 9 aromatic rings. The molecule has 11 rings (SSSR count). The zero-order valence-corrected chi connectivity index (χ0v) is 47.9. The molecule has 1 aromatic heterocycles. The number of rotatable bonds is 11. The fourth-order valence-corrected chi connectivity index (χ4v) is 10.1. The zero-order chi connectivity index (χ0) is 55.4. The third-order valence-corrected chi connectivity index (χ3v) is 14.1. The average molecular weight is 1020 g/mol. The number of para-hydroxylation sites is 1. The summed E-state index contributed by atoms with van der Waals surface area (Å²) in [5.41, 5.74) is 20.6. The van der Waals surface area contributed by atoms with E-state index in [1.165, 1.54) is 128 Å². The second-order valence-corrected chi connectivity index (χ2v) is 19.5. The van der Waals surface area contributed by atoms with E-state index >= 15 is 0 Å². The van der Waals surface area contributed by atoms with Crippen LogP contribution in [0.25, 0.3) is 55.3 Å². The number of aryl methyl sites for hydroxylation is 3. The maximum atomic E-state index is 6.18. The minimum Gasteiger partial charge on any atom is -0.455 e. The molecule has 0 bridgehead atoms. The second kappa shape index (κ2) is 32.0. The van der Waals surface area contributed by atoms with Gasteiger partial charge in [0.05, 0.1) is 5.41 Å². The second-order valence-electron chi connectivity index (χ2n) is 19.5. The van der Waals surface area contributed by atoms with Gasteiger partial charge in [-0.2, -0.15) is 0 Å². The standard InChI is InChI=1S/C35H32.C20H16O.C7H8.C5H12.C4H10.C3H4.CH3N/c1-3-4-5-6-7-8-9-16-26-24-34-30(23-25(26)2)29-19-12-15-22-33(29)35(34)31-20-13-10-17-27(31)28-18-11-14-21-32(28)35;1-2-14-11-12-17-18-10-6-9-16(15-7-4-3-5-8-15)20(18)21-19(17)13-14;1-7-5-3-2-4-6-7;1-3-5-4-2;1-3-4-2;1-3-2;1-2/h6-15,17-24H,3-5,16H2,1-2H3;3-13H,2H2,1H3;2-6H,1H3;3-5H2,1-2H3;3-4H2,1-2H3;1H,2H3;2H,1H2/b7-6-,9-8-;;;;;;. The molecule has 1 spiro atoms. The SMILES string of the molecule is C#CC.C=N.CCCC.CCCC/C=C\C=C/Cc1cc2c(cc1C)-c1ccccc1C21c2ccccc2-c2ccccc21.CCCCC.CCc1ccc2c(c1)oc1c(-c3ccccc3)cccc12.Cc1ccccc1. The van der Waals surface area contributed by atoms with Crippen molar-refractivity contribution in [2.24, 2.45) is 0 Å². The first kappa shape index (κ1) is 60.1. The number of fused-ring (bicyclic) bond motifs is 13. The van der Waals surface area contributed by atoms with Crippen LogP contribution in [0.4, 0.5) is 0 Å². The number of furan rings is 1. The molecular weight excluding hydrogens is 931 g/mol. The molecule has 0 unspecified atom stereocenters. The summed E-state index contributed by atoms with van der Waals surface area (Å²) in [5, 5.41) is 7.88. The monoisotopic (exact) mass is 1020 g/mol. The summed E-state index contributed by atoms with van der Waals surface area (Å²) < 4.78 is 6.18. The molecular formula is C75H85NO. The Morgan fingerprint density at radius 1 is 0.506 bits per heavy atom. The lowest BCUT2D eigenvalue weighted by molar-refractivity contribution is 0.669. The number of unbranched alkanes of at least 4 members (excludes halogenated alkanes) is 5. The summed E-state index contributed by atoms with van der Waals surface area (Å²) in [6, 6.07) is 65.6. The average Bonchev–Trinajstić information content (AvgIpc) is 4.33. The Morgan fingerprint density at radius 3 is 1.52 bits per heavy atom. The van der Waals surface area contributed by atoms with Gasteiger partial charge in [0.15, 0.2) is 0 Å². The van der Waals surface area contributed by atoms with Crippen LogP contribution in [0.2, 0.25) is 0 Å². The summed E-state index contributed by atoms with van der Waals surface area (Å²) in [6.45, 7) is 21.7. The van der Waals surface area contributed by atoms with Crippen molar-refractivity contribution in [3.8, 4) is 45.7 Å². The highest BCUT2D eigenvalue weighted by atomic mass is 16.3. The highest BCUT2D eigenvalue weighted by molar-refractivity contribution is 6.09. The van der Waals surface area contributed by atoms with E-state index in [-0.39, 0.29) is 5.41 Å². The summed E-state index contributed by atoms with van der Waals surface area (Å²) in [5.74, 6) is 2.25. The number of allylic oxidation sites excluding steroid dienone is 4. The van der Waals surface area contributed by atoms with Crippen LogP contribution in [0.1, 0.15) is 144 Å². The minimum atomic E-state index is -0.245. The molecule has 0 saturated carbocycles. The molecule has 1 heterocycles. The van der Waals surface area contributed by atoms with Crippen molar-refractivity contribution in [2.75, 3.05) is 0 Å². The van der Waals surface area contributed by atoms with Gasteiger partial charge in [0.1, 0.15) is 11.2 Å². The summed E-state index contributed by atoms with van der Waals surface area (Å²) in [7, 11) is 0. The largest absolute Gasteiger partial charge is 0.455 e. The molecule has 0 saturated heterocycles. The number of nitrogens with one attached hydrogen (secondary N) is 1. The van der Waals surface area contributed by atoms with Crippen molar-refractivity contribution < 1.29 is 4.42 Å². The molecule has 77 heavy (non-hydrogen) atoms. The lowest BCUT2D eigenvalue weighted by Crippen LogP contribution is -2.26. The fraction of sp³-hybridized carbons (Fsp3) is 0.267. The smallest absolute Gasteiger partial charge is 0.143 e. The van der Waals surface area contributed by atoms with E-state index in [4.69, 9.17) is 9.83 Å². The van der Waals surface area contributed by atoms with Crippen LogP contribution in [-0.4, -0.2) is 6.72 Å². The molecule has 2 nitrogen and oxygen atoms in total. The van der Waals surface area contributed by atoms with Gasteiger partial charge in [-0.15, -0.1) is 12.3 Å². The zero-order valence-electron chi connectivity index (χ0n) is 47.9. The highest BCUT2D eigenvalue weighted by Gasteiger charge is 2.51. The predicted molar refractivity (Wildman–Crippen MR) is 339 cm³/mol. The Bertz CT molecular complexity index is 3240. The number of terminal acetylenes is 1. The third-order valence-electron chi connectivity index (χ3n) is 14.1. The van der Waals surface area contributed by atoms with Crippen LogP contribution in [0, 0.1) is 31.6 Å². The van der Waals surface area contributed by atoms with Gasteiger partial charge in [0.2, 0.25) is 0 Å².